The number of carbonyl (C=O) groups excluding carboxylic acids is 1. The first-order chi connectivity index (χ1) is 13.9. The summed E-state index contributed by atoms with van der Waals surface area (Å²) in [6.07, 6.45) is 0. The molecule has 1 amide bonds. The predicted octanol–water partition coefficient (Wildman–Crippen LogP) is 3.04. The van der Waals surface area contributed by atoms with Crippen LogP contribution < -0.4 is 10.1 Å². The van der Waals surface area contributed by atoms with Gasteiger partial charge in [-0.25, -0.2) is 8.42 Å². The molecule has 0 aromatic heterocycles. The summed E-state index contributed by atoms with van der Waals surface area (Å²) in [5.74, 6) is 1.14. The zero-order valence-corrected chi connectivity index (χ0v) is 17.7. The Hall–Kier alpha value is -2.13. The van der Waals surface area contributed by atoms with Gasteiger partial charge in [0.2, 0.25) is 15.9 Å². The van der Waals surface area contributed by atoms with E-state index in [1.165, 1.54) is 4.31 Å². The molecule has 3 rings (SSSR count). The lowest BCUT2D eigenvalue weighted by molar-refractivity contribution is -0.117. The highest BCUT2D eigenvalue weighted by atomic mass is 35.5. The molecule has 7 nitrogen and oxygen atoms in total. The van der Waals surface area contributed by atoms with Crippen LogP contribution in [0.3, 0.4) is 0 Å². The van der Waals surface area contributed by atoms with Gasteiger partial charge in [-0.05, 0) is 43.3 Å². The Morgan fingerprint density at radius 3 is 2.34 bits per heavy atom. The fourth-order valence-electron chi connectivity index (χ4n) is 3.01. The molecular formula is C20H24ClN3O4S. The van der Waals surface area contributed by atoms with Crippen molar-refractivity contribution in [2.45, 2.75) is 6.92 Å². The number of nitrogens with zero attached hydrogens (tertiary/aromatic N) is 2. The van der Waals surface area contributed by atoms with Crippen LogP contribution in [0.1, 0.15) is 6.92 Å². The maximum absolute atomic E-state index is 12.3. The third-order valence-electron chi connectivity index (χ3n) is 4.66. The summed E-state index contributed by atoms with van der Waals surface area (Å²) in [4.78, 5) is 14.3. The van der Waals surface area contributed by atoms with E-state index in [1.807, 2.05) is 17.0 Å². The van der Waals surface area contributed by atoms with E-state index < -0.39 is 10.0 Å². The lowest BCUT2D eigenvalue weighted by Crippen LogP contribution is -2.50. The van der Waals surface area contributed by atoms with Crippen molar-refractivity contribution < 1.29 is 17.9 Å². The quantitative estimate of drug-likeness (QED) is 0.720. The first-order valence-corrected chi connectivity index (χ1v) is 11.4. The van der Waals surface area contributed by atoms with Crippen molar-refractivity contribution in [1.29, 1.82) is 0 Å². The van der Waals surface area contributed by atoms with E-state index in [0.29, 0.717) is 48.4 Å². The second-order valence-electron chi connectivity index (χ2n) is 6.68. The maximum Gasteiger partial charge on any atom is 0.238 e. The highest BCUT2D eigenvalue weighted by Crippen LogP contribution is 2.29. The Morgan fingerprint density at radius 2 is 1.72 bits per heavy atom. The summed E-state index contributed by atoms with van der Waals surface area (Å²) in [5.41, 5.74) is 0.661. The number of anilines is 1. The number of halogens is 1. The minimum atomic E-state index is -3.17. The molecule has 1 fully saturated rings. The molecule has 0 spiro atoms. The average molecular weight is 438 g/mol. The van der Waals surface area contributed by atoms with E-state index in [2.05, 4.69) is 5.32 Å². The zero-order valence-electron chi connectivity index (χ0n) is 16.2. The van der Waals surface area contributed by atoms with E-state index in [-0.39, 0.29) is 18.2 Å². The molecule has 1 heterocycles. The van der Waals surface area contributed by atoms with Crippen LogP contribution in [0.25, 0.3) is 0 Å². The van der Waals surface area contributed by atoms with Gasteiger partial charge < -0.3 is 10.1 Å². The van der Waals surface area contributed by atoms with Crippen LogP contribution in [0.2, 0.25) is 5.02 Å². The van der Waals surface area contributed by atoms with Crippen LogP contribution >= 0.6 is 11.6 Å². The van der Waals surface area contributed by atoms with E-state index in [1.54, 1.807) is 43.3 Å². The molecule has 9 heteroatoms. The van der Waals surface area contributed by atoms with Crippen molar-refractivity contribution in [1.82, 2.24) is 9.21 Å². The zero-order chi connectivity index (χ0) is 20.9. The number of amides is 1. The Labute approximate surface area is 176 Å². The van der Waals surface area contributed by atoms with Crippen LogP contribution in [0.5, 0.6) is 11.5 Å². The van der Waals surface area contributed by atoms with Crippen molar-refractivity contribution in [3.05, 3.63) is 53.6 Å². The molecule has 2 aromatic carbocycles. The highest BCUT2D eigenvalue weighted by molar-refractivity contribution is 7.89. The molecule has 0 bridgehead atoms. The second kappa shape index (κ2) is 9.58. The van der Waals surface area contributed by atoms with Gasteiger partial charge in [-0.1, -0.05) is 23.7 Å². The Bertz CT molecular complexity index is 942. The Morgan fingerprint density at radius 1 is 1.07 bits per heavy atom. The number of nitrogens with one attached hydrogen (secondary N) is 1. The fourth-order valence-corrected chi connectivity index (χ4v) is 4.27. The fraction of sp³-hybridized carbons (Fsp3) is 0.350. The number of sulfonamides is 1. The molecule has 2 aromatic rings. The van der Waals surface area contributed by atoms with Crippen molar-refractivity contribution in [2.24, 2.45) is 0 Å². The molecule has 0 saturated carbocycles. The number of hydrogen-bond donors (Lipinski definition) is 1. The Balaban J connectivity index is 1.48. The molecule has 29 heavy (non-hydrogen) atoms. The predicted molar refractivity (Wildman–Crippen MR) is 114 cm³/mol. The average Bonchev–Trinajstić information content (AvgIpc) is 2.71. The third kappa shape index (κ3) is 5.93. The monoisotopic (exact) mass is 437 g/mol. The minimum Gasteiger partial charge on any atom is -0.456 e. The number of piperazine rings is 1. The summed E-state index contributed by atoms with van der Waals surface area (Å²) in [7, 11) is -3.17. The second-order valence-corrected chi connectivity index (χ2v) is 9.35. The van der Waals surface area contributed by atoms with Crippen molar-refractivity contribution in [3.63, 3.8) is 0 Å². The van der Waals surface area contributed by atoms with E-state index in [9.17, 15) is 13.2 Å². The van der Waals surface area contributed by atoms with Gasteiger partial charge in [0.15, 0.2) is 0 Å². The molecule has 0 radical (unpaired) electrons. The lowest BCUT2D eigenvalue weighted by atomic mass is 10.3. The number of rotatable bonds is 7. The minimum absolute atomic E-state index is 0.101. The number of para-hydroxylation sites is 1. The molecule has 1 N–H and O–H groups in total. The van der Waals surface area contributed by atoms with Gasteiger partial charge in [0.05, 0.1) is 17.3 Å². The van der Waals surface area contributed by atoms with Crippen molar-refractivity contribution in [2.75, 3.05) is 43.8 Å². The van der Waals surface area contributed by atoms with Crippen LogP contribution in [0, 0.1) is 0 Å². The molecule has 0 aliphatic carbocycles. The number of ether oxygens (including phenoxy) is 1. The topological polar surface area (TPSA) is 79.0 Å². The molecule has 1 aliphatic rings. The highest BCUT2D eigenvalue weighted by Gasteiger charge is 2.26. The standard InChI is InChI=1S/C20H24ClN3O4S/c1-2-29(26,27)24-13-11-23(12-14-24)15-20(25)22-16-7-9-17(10-8-16)28-19-6-4-3-5-18(19)21/h3-10H,2,11-15H2,1H3,(H,22,25). The van der Waals surface area contributed by atoms with Crippen molar-refractivity contribution in [3.8, 4) is 11.5 Å². The summed E-state index contributed by atoms with van der Waals surface area (Å²) in [5, 5.41) is 3.37. The first-order valence-electron chi connectivity index (χ1n) is 9.40. The number of benzene rings is 2. The van der Waals surface area contributed by atoms with Gasteiger partial charge in [0, 0.05) is 31.9 Å². The van der Waals surface area contributed by atoms with Crippen LogP contribution in [-0.4, -0.2) is 62.0 Å². The molecule has 0 unspecified atom stereocenters. The normalized spacial score (nSPS) is 15.8. The number of carbonyl (C=O) groups is 1. The molecular weight excluding hydrogens is 414 g/mol. The third-order valence-corrected chi connectivity index (χ3v) is 6.85. The van der Waals surface area contributed by atoms with Crippen molar-refractivity contribution >= 4 is 33.2 Å². The molecule has 1 aliphatic heterocycles. The van der Waals surface area contributed by atoms with Gasteiger partial charge >= 0.3 is 0 Å². The summed E-state index contributed by atoms with van der Waals surface area (Å²) < 4.78 is 31.0. The smallest absolute Gasteiger partial charge is 0.238 e. The summed E-state index contributed by atoms with van der Waals surface area (Å²) in [6, 6.07) is 14.2. The van der Waals surface area contributed by atoms with E-state index in [0.717, 1.165) is 0 Å². The lowest BCUT2D eigenvalue weighted by Gasteiger charge is -2.33. The first kappa shape index (κ1) is 21.6. The molecule has 1 saturated heterocycles. The SMILES string of the molecule is CCS(=O)(=O)N1CCN(CC(=O)Nc2ccc(Oc3ccccc3Cl)cc2)CC1. The maximum atomic E-state index is 12.3. The summed E-state index contributed by atoms with van der Waals surface area (Å²) in [6.45, 7) is 3.77. The van der Waals surface area contributed by atoms with Gasteiger partial charge in [0.25, 0.3) is 0 Å². The van der Waals surface area contributed by atoms with Gasteiger partial charge in [-0.15, -0.1) is 0 Å². The largest absolute Gasteiger partial charge is 0.456 e. The number of hydrogen-bond acceptors (Lipinski definition) is 5. The van der Waals surface area contributed by atoms with Crippen LogP contribution in [0.4, 0.5) is 5.69 Å². The van der Waals surface area contributed by atoms with Crippen LogP contribution in [-0.2, 0) is 14.8 Å². The van der Waals surface area contributed by atoms with Gasteiger partial charge in [-0.2, -0.15) is 4.31 Å². The van der Waals surface area contributed by atoms with Gasteiger partial charge in [-0.3, -0.25) is 9.69 Å². The molecule has 156 valence electrons. The van der Waals surface area contributed by atoms with E-state index in [4.69, 9.17) is 16.3 Å². The van der Waals surface area contributed by atoms with E-state index >= 15 is 0 Å². The summed E-state index contributed by atoms with van der Waals surface area (Å²) >= 11 is 6.09. The van der Waals surface area contributed by atoms with Gasteiger partial charge in [0.1, 0.15) is 11.5 Å². The Kier molecular flexibility index (Phi) is 7.13. The van der Waals surface area contributed by atoms with Crippen LogP contribution in [0.15, 0.2) is 48.5 Å². The molecule has 0 atom stereocenters.